The third kappa shape index (κ3) is 6.60. The predicted molar refractivity (Wildman–Crippen MR) is 71.3 cm³/mol. The van der Waals surface area contributed by atoms with Crippen LogP contribution in [0.5, 0.6) is 0 Å². The van der Waals surface area contributed by atoms with Crippen LogP contribution in [0.25, 0.3) is 0 Å². The van der Waals surface area contributed by atoms with Gasteiger partial charge in [0.1, 0.15) is 0 Å². The number of ether oxygens (including phenoxy) is 2. The molecule has 0 spiro atoms. The molecule has 5 heteroatoms. The lowest BCUT2D eigenvalue weighted by Gasteiger charge is -2.04. The van der Waals surface area contributed by atoms with Crippen molar-refractivity contribution >= 4 is 27.3 Å². The van der Waals surface area contributed by atoms with E-state index in [0.29, 0.717) is 0 Å². The van der Waals surface area contributed by atoms with Crippen LogP contribution in [-0.2, 0) is 15.9 Å². The van der Waals surface area contributed by atoms with Gasteiger partial charge in [-0.2, -0.15) is 0 Å². The zero-order chi connectivity index (χ0) is 11.6. The lowest BCUT2D eigenvalue weighted by Crippen LogP contribution is -2.23. The molecule has 0 atom stereocenters. The number of rotatable bonds is 9. The van der Waals surface area contributed by atoms with Crippen molar-refractivity contribution < 1.29 is 9.47 Å². The van der Waals surface area contributed by atoms with Gasteiger partial charge in [-0.25, -0.2) is 0 Å². The van der Waals surface area contributed by atoms with Gasteiger partial charge in [0, 0.05) is 31.5 Å². The van der Waals surface area contributed by atoms with Gasteiger partial charge in [-0.05, 0) is 28.1 Å². The largest absolute Gasteiger partial charge is 0.383 e. The Morgan fingerprint density at radius 2 is 2.06 bits per heavy atom. The van der Waals surface area contributed by atoms with Crippen molar-refractivity contribution in [3.63, 3.8) is 0 Å². The molecule has 16 heavy (non-hydrogen) atoms. The summed E-state index contributed by atoms with van der Waals surface area (Å²) >= 11 is 5.21. The third-order valence-corrected chi connectivity index (χ3v) is 3.71. The second-order valence-corrected chi connectivity index (χ2v) is 5.86. The van der Waals surface area contributed by atoms with Crippen molar-refractivity contribution in [2.75, 3.05) is 40.0 Å². The summed E-state index contributed by atoms with van der Waals surface area (Å²) in [4.78, 5) is 1.36. The molecule has 0 radical (unpaired) electrons. The minimum absolute atomic E-state index is 0.753. The first-order valence-corrected chi connectivity index (χ1v) is 6.95. The highest BCUT2D eigenvalue weighted by Crippen LogP contribution is 2.22. The molecule has 92 valence electrons. The van der Waals surface area contributed by atoms with E-state index < -0.39 is 0 Å². The topological polar surface area (TPSA) is 30.5 Å². The Bertz CT molecular complexity index is 281. The van der Waals surface area contributed by atoms with Crippen molar-refractivity contribution in [2.24, 2.45) is 0 Å². The summed E-state index contributed by atoms with van der Waals surface area (Å²) in [7, 11) is 1.71. The number of hydrogen-bond donors (Lipinski definition) is 1. The van der Waals surface area contributed by atoms with Crippen LogP contribution in [0.3, 0.4) is 0 Å². The number of hydrogen-bond acceptors (Lipinski definition) is 4. The Morgan fingerprint density at radius 3 is 2.75 bits per heavy atom. The van der Waals surface area contributed by atoms with Gasteiger partial charge in [0.05, 0.1) is 23.6 Å². The lowest BCUT2D eigenvalue weighted by molar-refractivity contribution is 0.135. The fourth-order valence-corrected chi connectivity index (χ4v) is 2.67. The van der Waals surface area contributed by atoms with Gasteiger partial charge in [-0.1, -0.05) is 0 Å². The molecular weight excluding hydrogens is 290 g/mol. The van der Waals surface area contributed by atoms with Crippen molar-refractivity contribution in [1.82, 2.24) is 5.32 Å². The molecular formula is C11H18BrNO2S. The molecule has 1 aromatic rings. The summed E-state index contributed by atoms with van der Waals surface area (Å²) in [6.45, 7) is 4.08. The fourth-order valence-electron chi connectivity index (χ4n) is 1.20. The maximum Gasteiger partial charge on any atom is 0.0701 e. The molecule has 0 aliphatic carbocycles. The summed E-state index contributed by atoms with van der Waals surface area (Å²) in [6.07, 6.45) is 0.994. The van der Waals surface area contributed by atoms with Crippen LogP contribution in [0.2, 0.25) is 0 Å². The van der Waals surface area contributed by atoms with Gasteiger partial charge in [-0.3, -0.25) is 0 Å². The molecule has 3 nitrogen and oxygen atoms in total. The number of nitrogens with one attached hydrogen (secondary N) is 1. The fraction of sp³-hybridized carbons (Fsp3) is 0.636. The van der Waals surface area contributed by atoms with Crippen LogP contribution < -0.4 is 5.32 Å². The maximum atomic E-state index is 5.52. The first-order chi connectivity index (χ1) is 7.83. The van der Waals surface area contributed by atoms with Crippen LogP contribution in [0.1, 0.15) is 4.88 Å². The molecule has 0 fully saturated rings. The van der Waals surface area contributed by atoms with E-state index in [2.05, 4.69) is 33.4 Å². The summed E-state index contributed by atoms with van der Waals surface area (Å²) in [5.74, 6) is 0. The van der Waals surface area contributed by atoms with Crippen LogP contribution >= 0.6 is 27.3 Å². The van der Waals surface area contributed by atoms with E-state index in [4.69, 9.17) is 9.47 Å². The molecule has 0 saturated heterocycles. The average Bonchev–Trinajstić information content (AvgIpc) is 2.68. The van der Waals surface area contributed by atoms with E-state index in [1.54, 1.807) is 18.4 Å². The predicted octanol–water partition coefficient (Wildman–Crippen LogP) is 2.31. The van der Waals surface area contributed by atoms with E-state index >= 15 is 0 Å². The van der Waals surface area contributed by atoms with Gasteiger partial charge in [-0.15, -0.1) is 11.3 Å². The molecule has 0 bridgehead atoms. The monoisotopic (exact) mass is 307 g/mol. The van der Waals surface area contributed by atoms with Gasteiger partial charge >= 0.3 is 0 Å². The Hall–Kier alpha value is 0.0600. The van der Waals surface area contributed by atoms with E-state index in [1.165, 1.54) is 8.66 Å². The molecule has 0 aliphatic rings. The first kappa shape index (κ1) is 14.1. The first-order valence-electron chi connectivity index (χ1n) is 5.34. The van der Waals surface area contributed by atoms with E-state index in [9.17, 15) is 0 Å². The van der Waals surface area contributed by atoms with E-state index in [0.717, 1.165) is 39.3 Å². The summed E-state index contributed by atoms with van der Waals surface area (Å²) < 4.78 is 11.6. The lowest BCUT2D eigenvalue weighted by atomic mass is 10.4. The molecule has 0 aromatic carbocycles. The Morgan fingerprint density at radius 1 is 1.25 bits per heavy atom. The summed E-state index contributed by atoms with van der Waals surface area (Å²) in [6, 6.07) is 4.21. The second kappa shape index (κ2) is 9.13. The zero-order valence-corrected chi connectivity index (χ0v) is 11.9. The number of halogens is 1. The van der Waals surface area contributed by atoms with Crippen LogP contribution in [0.15, 0.2) is 15.9 Å². The molecule has 1 heterocycles. The maximum absolute atomic E-state index is 5.52. The Kier molecular flexibility index (Phi) is 8.06. The van der Waals surface area contributed by atoms with E-state index in [1.807, 2.05) is 0 Å². The molecule has 0 amide bonds. The molecule has 0 unspecified atom stereocenters. The molecule has 0 aliphatic heterocycles. The van der Waals surface area contributed by atoms with Gasteiger partial charge < -0.3 is 14.8 Å². The molecule has 1 aromatic heterocycles. The Labute approximate surface area is 109 Å². The Balaban J connectivity index is 1.88. The number of thiophene rings is 1. The van der Waals surface area contributed by atoms with Crippen molar-refractivity contribution in [3.05, 3.63) is 20.8 Å². The summed E-state index contributed by atoms with van der Waals surface area (Å²) in [5.41, 5.74) is 0. The second-order valence-electron chi connectivity index (χ2n) is 3.31. The highest BCUT2D eigenvalue weighted by Gasteiger charge is 1.97. The van der Waals surface area contributed by atoms with Gasteiger partial charge in [0.15, 0.2) is 0 Å². The van der Waals surface area contributed by atoms with Crippen LogP contribution in [0, 0.1) is 0 Å². The highest BCUT2D eigenvalue weighted by atomic mass is 79.9. The quantitative estimate of drug-likeness (QED) is 0.710. The SMILES string of the molecule is COCCNCCOCCc1ccc(Br)s1. The summed E-state index contributed by atoms with van der Waals surface area (Å²) in [5, 5.41) is 3.23. The van der Waals surface area contributed by atoms with Crippen LogP contribution in [-0.4, -0.2) is 40.0 Å². The van der Waals surface area contributed by atoms with Gasteiger partial charge in [0.2, 0.25) is 0 Å². The van der Waals surface area contributed by atoms with Crippen molar-refractivity contribution in [1.29, 1.82) is 0 Å². The van der Waals surface area contributed by atoms with Crippen molar-refractivity contribution in [3.8, 4) is 0 Å². The molecule has 1 rings (SSSR count). The van der Waals surface area contributed by atoms with Crippen LogP contribution in [0.4, 0.5) is 0 Å². The van der Waals surface area contributed by atoms with Gasteiger partial charge in [0.25, 0.3) is 0 Å². The third-order valence-electron chi connectivity index (χ3n) is 2.03. The normalized spacial score (nSPS) is 10.9. The minimum atomic E-state index is 0.753. The minimum Gasteiger partial charge on any atom is -0.383 e. The van der Waals surface area contributed by atoms with Crippen molar-refractivity contribution in [2.45, 2.75) is 6.42 Å². The number of methoxy groups -OCH3 is 1. The zero-order valence-electron chi connectivity index (χ0n) is 9.50. The standard InChI is InChI=1S/C11H18BrNO2S/c1-14-8-5-13-6-9-15-7-4-10-2-3-11(12)16-10/h2-3,13H,4-9H2,1H3. The van der Waals surface area contributed by atoms with E-state index in [-0.39, 0.29) is 0 Å². The molecule has 0 saturated carbocycles. The molecule has 1 N–H and O–H groups in total. The average molecular weight is 308 g/mol. The smallest absolute Gasteiger partial charge is 0.0701 e. The highest BCUT2D eigenvalue weighted by molar-refractivity contribution is 9.11.